The molecule has 0 bridgehead atoms. The van der Waals surface area contributed by atoms with Gasteiger partial charge in [-0.15, -0.1) is 10.2 Å². The summed E-state index contributed by atoms with van der Waals surface area (Å²) < 4.78 is 133. The number of nitrogens with zero attached hydrogens (tertiary/aromatic N) is 6. The van der Waals surface area contributed by atoms with Crippen molar-refractivity contribution in [2.75, 3.05) is 13.2 Å². The number of alkyl halides is 10. The number of carbonyl (C=O) groups excluding carboxylic acids is 3. The summed E-state index contributed by atoms with van der Waals surface area (Å²) in [5, 5.41) is 65.2. The maximum Gasteiger partial charge on any atom is 0.456 e. The molecular formula is C54H46Cl2F10N8O11. The Bertz CT molecular complexity index is 3610. The Balaban J connectivity index is 0.000000232. The third kappa shape index (κ3) is 18.2. The number of fused-ring (bicyclic) bond motifs is 2. The number of carboxylic acid groups (broad SMARTS) is 1. The smallest absolute Gasteiger partial charge is 0.456 e. The predicted molar refractivity (Wildman–Crippen MR) is 282 cm³/mol. The number of aliphatic hydroxyl groups excluding tert-OH is 2. The summed E-state index contributed by atoms with van der Waals surface area (Å²) in [6.45, 7) is -4.51. The summed E-state index contributed by atoms with van der Waals surface area (Å²) in [5.74, 6) is -15.6. The molecule has 0 radical (unpaired) electrons. The standard InChI is InChI=1S/C27H22ClF5N4O5.C20H19ClF5NO3.C7H5N3O3/c28-19-3-1-2-17(11-19)16-6-4-15(5-7-16)10-20(13-23(38)25(40)42-14-26(29,30)27(31,32)33)34-24(39)18-8-9-21-22(12-18)37(41)36-35-21;21-15-3-1-2-14(9-15)13-6-4-12(5-7-13)8-16(27)10-17(28)18(29)30-11-19(22,23)20(24,25)26;11-7(12)4-1-2-5-6(3-4)10(13)9-8-5/h1-9,11-12,20,23,38,41H,10,13-14H2,(H,34,39);1-7,9,16-17,28H,8,10-11,27H2;1-3,13H,(H,11,12)/t20-,23-;16-,17-;/m11./s1. The van der Waals surface area contributed by atoms with Crippen LogP contribution < -0.4 is 11.1 Å². The van der Waals surface area contributed by atoms with Crippen LogP contribution in [0.2, 0.25) is 10.0 Å². The van der Waals surface area contributed by atoms with Crippen molar-refractivity contribution >= 4 is 69.1 Å². The van der Waals surface area contributed by atoms with E-state index in [0.29, 0.717) is 36.3 Å². The number of ether oxygens (including phenoxy) is 2. The van der Waals surface area contributed by atoms with Crippen LogP contribution in [-0.4, -0.2) is 142 Å². The highest BCUT2D eigenvalue weighted by atomic mass is 35.5. The molecule has 0 saturated carbocycles. The van der Waals surface area contributed by atoms with Crippen LogP contribution in [0.15, 0.2) is 133 Å². The summed E-state index contributed by atoms with van der Waals surface area (Å²) in [6.07, 6.45) is -16.6. The highest BCUT2D eigenvalue weighted by molar-refractivity contribution is 6.31. The molecule has 0 aliphatic carbocycles. The lowest BCUT2D eigenvalue weighted by Gasteiger charge is -2.23. The van der Waals surface area contributed by atoms with Crippen LogP contribution >= 0.6 is 23.2 Å². The number of aromatic carboxylic acids is 1. The molecule has 1 amide bonds. The number of hydrogen-bond acceptors (Lipinski definition) is 15. The van der Waals surface area contributed by atoms with Gasteiger partial charge in [0.25, 0.3) is 5.91 Å². The molecule has 8 rings (SSSR count). The lowest BCUT2D eigenvalue weighted by molar-refractivity contribution is -0.294. The van der Waals surface area contributed by atoms with Crippen LogP contribution in [0.5, 0.6) is 0 Å². The van der Waals surface area contributed by atoms with Gasteiger partial charge in [-0.25, -0.2) is 14.4 Å². The molecule has 0 saturated heterocycles. The molecule has 31 heteroatoms. The molecule has 8 aromatic rings. The molecule has 4 atom stereocenters. The number of rotatable bonds is 19. The van der Waals surface area contributed by atoms with Gasteiger partial charge in [0.15, 0.2) is 25.4 Å². The molecule has 0 unspecified atom stereocenters. The summed E-state index contributed by atoms with van der Waals surface area (Å²) in [7, 11) is 0. The number of halogens is 12. The molecule has 0 fully saturated rings. The monoisotopic (exact) mass is 1240 g/mol. The van der Waals surface area contributed by atoms with E-state index in [2.05, 4.69) is 35.4 Å². The minimum absolute atomic E-state index is 0.0202. The van der Waals surface area contributed by atoms with Gasteiger partial charge in [0.2, 0.25) is 0 Å². The van der Waals surface area contributed by atoms with Crippen LogP contribution in [-0.2, 0) is 31.9 Å². The van der Waals surface area contributed by atoms with Crippen molar-refractivity contribution in [3.05, 3.63) is 166 Å². The molecular weight excluding hydrogens is 1200 g/mol. The molecule has 0 aliphatic heterocycles. The summed E-state index contributed by atoms with van der Waals surface area (Å²) in [5.41, 5.74) is 12.0. The number of amides is 1. The fourth-order valence-electron chi connectivity index (χ4n) is 7.65. The molecule has 452 valence electrons. The summed E-state index contributed by atoms with van der Waals surface area (Å²) >= 11 is 12.0. The van der Waals surface area contributed by atoms with E-state index in [1.54, 1.807) is 66.7 Å². The second-order valence-corrected chi connectivity index (χ2v) is 19.4. The predicted octanol–water partition coefficient (Wildman–Crippen LogP) is 9.56. The first kappa shape index (κ1) is 65.5. The number of carboxylic acids is 1. The van der Waals surface area contributed by atoms with Crippen molar-refractivity contribution in [3.63, 3.8) is 0 Å². The van der Waals surface area contributed by atoms with Gasteiger partial charge in [-0.1, -0.05) is 106 Å². The van der Waals surface area contributed by atoms with Gasteiger partial charge in [0.1, 0.15) is 22.1 Å². The molecule has 8 N–H and O–H groups in total. The zero-order valence-corrected chi connectivity index (χ0v) is 44.7. The highest BCUT2D eigenvalue weighted by Gasteiger charge is 2.59. The third-order valence-electron chi connectivity index (χ3n) is 12.1. The Morgan fingerprint density at radius 1 is 0.553 bits per heavy atom. The first-order valence-electron chi connectivity index (χ1n) is 24.5. The van der Waals surface area contributed by atoms with Crippen molar-refractivity contribution in [1.82, 2.24) is 35.6 Å². The summed E-state index contributed by atoms with van der Waals surface area (Å²) in [6, 6.07) is 35.0. The van der Waals surface area contributed by atoms with Gasteiger partial charge in [-0.3, -0.25) is 4.79 Å². The van der Waals surface area contributed by atoms with E-state index < -0.39 is 91.9 Å². The van der Waals surface area contributed by atoms with E-state index in [0.717, 1.165) is 27.8 Å². The van der Waals surface area contributed by atoms with E-state index in [-0.39, 0.29) is 41.4 Å². The van der Waals surface area contributed by atoms with E-state index in [4.69, 9.17) is 39.2 Å². The summed E-state index contributed by atoms with van der Waals surface area (Å²) in [4.78, 5) is 48.2. The number of aromatic nitrogens is 6. The molecule has 2 heterocycles. The number of nitrogens with two attached hydrogens (primary N) is 1. The number of benzene rings is 6. The van der Waals surface area contributed by atoms with Gasteiger partial charge < -0.3 is 46.3 Å². The van der Waals surface area contributed by atoms with Crippen LogP contribution in [0.3, 0.4) is 0 Å². The zero-order chi connectivity index (χ0) is 62.6. The fourth-order valence-corrected chi connectivity index (χ4v) is 8.03. The number of carbonyl (C=O) groups is 4. The molecule has 2 aromatic heterocycles. The quantitative estimate of drug-likeness (QED) is 0.0225. The van der Waals surface area contributed by atoms with Gasteiger partial charge >= 0.3 is 42.1 Å². The first-order chi connectivity index (χ1) is 39.8. The molecule has 0 spiro atoms. The molecule has 0 aliphatic rings. The van der Waals surface area contributed by atoms with Gasteiger partial charge in [-0.05, 0) is 124 Å². The Labute approximate surface area is 482 Å². The van der Waals surface area contributed by atoms with Crippen molar-refractivity contribution in [1.29, 1.82) is 0 Å². The number of hydrogen-bond donors (Lipinski definition) is 7. The largest absolute Gasteiger partial charge is 0.478 e. The maximum absolute atomic E-state index is 13.2. The zero-order valence-electron chi connectivity index (χ0n) is 43.2. The SMILES string of the molecule is N[C@H](Cc1ccc(-c2cccc(Cl)c2)cc1)C[C@@H](O)C(=O)OCC(F)(F)C(F)(F)F.O=C(N[C@H](Cc1ccc(-c2cccc(Cl)c2)cc1)C[C@@H](O)C(=O)OCC(F)(F)C(F)(F)F)c1ccc2nnn(O)c2c1.O=C(O)c1ccc2nnn(O)c2c1. The molecule has 19 nitrogen and oxygen atoms in total. The average molecular weight is 1240 g/mol. The molecule has 6 aromatic carbocycles. The van der Waals surface area contributed by atoms with Gasteiger partial charge in [0, 0.05) is 34.1 Å². The van der Waals surface area contributed by atoms with Crippen LogP contribution in [0, 0.1) is 0 Å². The van der Waals surface area contributed by atoms with E-state index in [1.165, 1.54) is 36.4 Å². The minimum atomic E-state index is -5.95. The lowest BCUT2D eigenvalue weighted by atomic mass is 9.97. The first-order valence-corrected chi connectivity index (χ1v) is 25.2. The van der Waals surface area contributed by atoms with E-state index in [9.17, 15) is 78.5 Å². The van der Waals surface area contributed by atoms with Crippen LogP contribution in [0.1, 0.15) is 44.7 Å². The van der Waals surface area contributed by atoms with Crippen LogP contribution in [0.25, 0.3) is 44.3 Å². The van der Waals surface area contributed by atoms with Crippen molar-refractivity contribution in [2.45, 2.75) is 74.2 Å². The second-order valence-electron chi connectivity index (χ2n) is 18.5. The van der Waals surface area contributed by atoms with E-state index >= 15 is 0 Å². The topological polar surface area (TPSA) is 287 Å². The minimum Gasteiger partial charge on any atom is -0.478 e. The van der Waals surface area contributed by atoms with Crippen LogP contribution in [0.4, 0.5) is 43.9 Å². The number of aliphatic hydroxyl groups is 2. The fraction of sp³-hybridized carbons (Fsp3) is 0.259. The maximum atomic E-state index is 13.2. The Kier molecular flexibility index (Phi) is 21.5. The normalized spacial score (nSPS) is 13.3. The Hall–Kier alpha value is -8.64. The van der Waals surface area contributed by atoms with Crippen molar-refractivity contribution < 1.29 is 98.3 Å². The second kappa shape index (κ2) is 27.8. The number of esters is 2. The Morgan fingerprint density at radius 3 is 1.39 bits per heavy atom. The highest BCUT2D eigenvalue weighted by Crippen LogP contribution is 2.37. The van der Waals surface area contributed by atoms with E-state index in [1.807, 2.05) is 30.3 Å². The Morgan fingerprint density at radius 2 is 0.965 bits per heavy atom. The lowest BCUT2D eigenvalue weighted by Crippen LogP contribution is -2.44. The van der Waals surface area contributed by atoms with Gasteiger partial charge in [-0.2, -0.15) is 43.9 Å². The third-order valence-corrected chi connectivity index (χ3v) is 12.6. The van der Waals surface area contributed by atoms with Crippen molar-refractivity contribution in [3.8, 4) is 22.3 Å². The van der Waals surface area contributed by atoms with Gasteiger partial charge in [0.05, 0.1) is 5.56 Å². The number of nitrogens with one attached hydrogen (secondary N) is 1. The average Bonchev–Trinajstić information content (AvgIpc) is 3.57. The van der Waals surface area contributed by atoms with Crippen molar-refractivity contribution in [2.24, 2.45) is 5.73 Å². The molecule has 85 heavy (non-hydrogen) atoms.